The summed E-state index contributed by atoms with van der Waals surface area (Å²) in [6.07, 6.45) is 1.69. The monoisotopic (exact) mass is 287 g/mol. The first-order valence-electron chi connectivity index (χ1n) is 6.17. The van der Waals surface area contributed by atoms with Crippen LogP contribution in [0.1, 0.15) is 37.2 Å². The molecule has 0 aliphatic heterocycles. The Morgan fingerprint density at radius 1 is 1.47 bits per heavy atom. The van der Waals surface area contributed by atoms with E-state index in [0.29, 0.717) is 6.54 Å². The number of rotatable bonds is 6. The van der Waals surface area contributed by atoms with E-state index in [4.69, 9.17) is 9.52 Å². The van der Waals surface area contributed by atoms with Crippen molar-refractivity contribution >= 4 is 16.0 Å². The van der Waals surface area contributed by atoms with E-state index in [-0.39, 0.29) is 22.8 Å². The number of hydrogen-bond donors (Lipinski definition) is 1. The number of furan rings is 1. The Labute approximate surface area is 112 Å². The predicted molar refractivity (Wildman–Crippen MR) is 67.4 cm³/mol. The fourth-order valence-corrected chi connectivity index (χ4v) is 3.62. The number of nitrogens with zero attached hydrogens (tertiary/aromatic N) is 1. The molecule has 106 valence electrons. The van der Waals surface area contributed by atoms with E-state index in [0.717, 1.165) is 18.9 Å². The summed E-state index contributed by atoms with van der Waals surface area (Å²) in [6.45, 7) is 4.29. The van der Waals surface area contributed by atoms with Gasteiger partial charge in [0.25, 0.3) is 10.0 Å². The highest BCUT2D eigenvalue weighted by molar-refractivity contribution is 7.89. The van der Waals surface area contributed by atoms with E-state index in [1.807, 2.05) is 13.8 Å². The first kappa shape index (κ1) is 14.1. The molecular formula is C12H17NO5S. The maximum Gasteiger partial charge on any atom is 0.371 e. The second-order valence-electron chi connectivity index (χ2n) is 5.12. The van der Waals surface area contributed by atoms with Gasteiger partial charge in [-0.15, -0.1) is 0 Å². The van der Waals surface area contributed by atoms with Gasteiger partial charge in [0.2, 0.25) is 10.9 Å². The van der Waals surface area contributed by atoms with Gasteiger partial charge in [-0.25, -0.2) is 13.2 Å². The molecule has 1 aromatic heterocycles. The van der Waals surface area contributed by atoms with Crippen LogP contribution >= 0.6 is 0 Å². The van der Waals surface area contributed by atoms with Crippen LogP contribution in [-0.4, -0.2) is 36.4 Å². The number of carbonyl (C=O) groups is 1. The Balaban J connectivity index is 2.30. The van der Waals surface area contributed by atoms with Crippen LogP contribution in [0.2, 0.25) is 0 Å². The lowest BCUT2D eigenvalue weighted by molar-refractivity contribution is 0.0656. The highest BCUT2D eigenvalue weighted by Crippen LogP contribution is 2.33. The molecule has 1 saturated carbocycles. The SMILES string of the molecule is CC(C)CN(C1CC1)S(=O)(=O)c1ccc(C(=O)O)o1. The molecule has 0 radical (unpaired) electrons. The van der Waals surface area contributed by atoms with Crippen LogP contribution in [0.4, 0.5) is 0 Å². The molecule has 0 atom stereocenters. The fraction of sp³-hybridized carbons (Fsp3) is 0.583. The molecule has 1 aliphatic rings. The van der Waals surface area contributed by atoms with Gasteiger partial charge < -0.3 is 9.52 Å². The molecule has 1 fully saturated rings. The van der Waals surface area contributed by atoms with Crippen LogP contribution in [-0.2, 0) is 10.0 Å². The standard InChI is InChI=1S/C12H17NO5S/c1-8(2)7-13(9-3-4-9)19(16,17)11-6-5-10(18-11)12(14)15/h5-6,8-9H,3-4,7H2,1-2H3,(H,14,15). The van der Waals surface area contributed by atoms with E-state index >= 15 is 0 Å². The Kier molecular flexibility index (Phi) is 3.69. The second-order valence-corrected chi connectivity index (χ2v) is 6.95. The maximum absolute atomic E-state index is 12.4. The third-order valence-electron chi connectivity index (χ3n) is 2.85. The molecule has 1 aromatic rings. The molecule has 0 amide bonds. The zero-order valence-electron chi connectivity index (χ0n) is 10.9. The highest BCUT2D eigenvalue weighted by atomic mass is 32.2. The molecule has 0 saturated heterocycles. The fourth-order valence-electron chi connectivity index (χ4n) is 1.86. The molecule has 0 aromatic carbocycles. The van der Waals surface area contributed by atoms with Gasteiger partial charge in [-0.1, -0.05) is 13.8 Å². The van der Waals surface area contributed by atoms with Crippen molar-refractivity contribution in [2.75, 3.05) is 6.54 Å². The lowest BCUT2D eigenvalue weighted by atomic mass is 10.2. The molecule has 1 heterocycles. The van der Waals surface area contributed by atoms with Crippen molar-refractivity contribution in [3.63, 3.8) is 0 Å². The summed E-state index contributed by atoms with van der Waals surface area (Å²) in [7, 11) is -3.74. The molecule has 1 N–H and O–H groups in total. The van der Waals surface area contributed by atoms with Gasteiger partial charge in [-0.3, -0.25) is 0 Å². The van der Waals surface area contributed by atoms with Crippen molar-refractivity contribution in [3.8, 4) is 0 Å². The quantitative estimate of drug-likeness (QED) is 0.861. The Morgan fingerprint density at radius 2 is 2.11 bits per heavy atom. The van der Waals surface area contributed by atoms with Gasteiger partial charge in [0.1, 0.15) is 0 Å². The molecule has 2 rings (SSSR count). The molecular weight excluding hydrogens is 270 g/mol. The van der Waals surface area contributed by atoms with Gasteiger partial charge in [0.15, 0.2) is 0 Å². The summed E-state index contributed by atoms with van der Waals surface area (Å²) in [5.74, 6) is -1.44. The van der Waals surface area contributed by atoms with Crippen molar-refractivity contribution in [2.45, 2.75) is 37.8 Å². The lowest BCUT2D eigenvalue weighted by Crippen LogP contribution is -2.35. The van der Waals surface area contributed by atoms with Crippen molar-refractivity contribution in [3.05, 3.63) is 17.9 Å². The molecule has 0 unspecified atom stereocenters. The minimum atomic E-state index is -3.74. The second kappa shape index (κ2) is 4.97. The largest absolute Gasteiger partial charge is 0.475 e. The number of carboxylic acids is 1. The van der Waals surface area contributed by atoms with E-state index in [1.165, 1.54) is 10.4 Å². The van der Waals surface area contributed by atoms with Crippen LogP contribution in [0.3, 0.4) is 0 Å². The van der Waals surface area contributed by atoms with Crippen LogP contribution < -0.4 is 0 Å². The zero-order valence-corrected chi connectivity index (χ0v) is 11.7. The van der Waals surface area contributed by atoms with Crippen LogP contribution in [0, 0.1) is 5.92 Å². The Hall–Kier alpha value is -1.34. The van der Waals surface area contributed by atoms with Crippen molar-refractivity contribution in [1.82, 2.24) is 4.31 Å². The average Bonchev–Trinajstić information content (AvgIpc) is 2.99. The van der Waals surface area contributed by atoms with Gasteiger partial charge in [0, 0.05) is 12.6 Å². The van der Waals surface area contributed by atoms with E-state index in [2.05, 4.69) is 0 Å². The van der Waals surface area contributed by atoms with E-state index in [1.54, 1.807) is 0 Å². The van der Waals surface area contributed by atoms with E-state index < -0.39 is 16.0 Å². The number of carboxylic acid groups (broad SMARTS) is 1. The van der Waals surface area contributed by atoms with E-state index in [9.17, 15) is 13.2 Å². The molecule has 0 spiro atoms. The van der Waals surface area contributed by atoms with Crippen molar-refractivity contribution in [1.29, 1.82) is 0 Å². The topological polar surface area (TPSA) is 87.8 Å². The molecule has 0 bridgehead atoms. The minimum absolute atomic E-state index is 0.0192. The van der Waals surface area contributed by atoms with Gasteiger partial charge in [0.05, 0.1) is 0 Å². The van der Waals surface area contributed by atoms with Crippen LogP contribution in [0.5, 0.6) is 0 Å². The number of hydrogen-bond acceptors (Lipinski definition) is 4. The molecule has 1 aliphatic carbocycles. The summed E-state index contributed by atoms with van der Waals surface area (Å²) in [4.78, 5) is 10.7. The molecule has 19 heavy (non-hydrogen) atoms. The van der Waals surface area contributed by atoms with Gasteiger partial charge >= 0.3 is 5.97 Å². The average molecular weight is 287 g/mol. The minimum Gasteiger partial charge on any atom is -0.475 e. The van der Waals surface area contributed by atoms with Crippen LogP contribution in [0.25, 0.3) is 0 Å². The summed E-state index contributed by atoms with van der Waals surface area (Å²) in [5, 5.41) is 8.47. The van der Waals surface area contributed by atoms with Crippen molar-refractivity contribution in [2.24, 2.45) is 5.92 Å². The number of sulfonamides is 1. The molecule has 7 heteroatoms. The third kappa shape index (κ3) is 2.98. The normalized spacial score (nSPS) is 16.2. The van der Waals surface area contributed by atoms with Gasteiger partial charge in [-0.05, 0) is 30.9 Å². The lowest BCUT2D eigenvalue weighted by Gasteiger charge is -2.22. The summed E-state index contributed by atoms with van der Waals surface area (Å²) < 4.78 is 31.2. The summed E-state index contributed by atoms with van der Waals surface area (Å²) in [6, 6.07) is 2.38. The Morgan fingerprint density at radius 3 is 2.53 bits per heavy atom. The first-order chi connectivity index (χ1) is 8.82. The third-order valence-corrected chi connectivity index (χ3v) is 4.65. The highest BCUT2D eigenvalue weighted by Gasteiger charge is 2.39. The summed E-state index contributed by atoms with van der Waals surface area (Å²) >= 11 is 0. The van der Waals surface area contributed by atoms with Gasteiger partial charge in [-0.2, -0.15) is 4.31 Å². The smallest absolute Gasteiger partial charge is 0.371 e. The zero-order chi connectivity index (χ0) is 14.2. The van der Waals surface area contributed by atoms with Crippen molar-refractivity contribution < 1.29 is 22.7 Å². The molecule has 6 nitrogen and oxygen atoms in total. The Bertz CT molecular complexity index is 571. The first-order valence-corrected chi connectivity index (χ1v) is 7.61. The predicted octanol–water partition coefficient (Wildman–Crippen LogP) is 1.79. The number of aromatic carboxylic acids is 1. The summed E-state index contributed by atoms with van der Waals surface area (Å²) in [5.41, 5.74) is 0. The van der Waals surface area contributed by atoms with Crippen LogP contribution in [0.15, 0.2) is 21.6 Å². The maximum atomic E-state index is 12.4.